The summed E-state index contributed by atoms with van der Waals surface area (Å²) in [7, 11) is 0. The molecule has 0 spiro atoms. The van der Waals surface area contributed by atoms with Crippen molar-refractivity contribution in [3.8, 4) is 0 Å². The van der Waals surface area contributed by atoms with Gasteiger partial charge < -0.3 is 10.2 Å². The minimum Gasteiger partial charge on any atom is -0.481 e. The fraction of sp³-hybridized carbons (Fsp3) is 0.588. The van der Waals surface area contributed by atoms with E-state index in [-0.39, 0.29) is 18.4 Å². The van der Waals surface area contributed by atoms with Crippen LogP contribution in [0.2, 0.25) is 0 Å². The minimum atomic E-state index is -0.757. The normalized spacial score (nSPS) is 10.7. The third-order valence-corrected chi connectivity index (χ3v) is 2.97. The topological polar surface area (TPSA) is 57.5 Å². The molecule has 1 aromatic rings. The third-order valence-electron chi connectivity index (χ3n) is 2.97. The summed E-state index contributed by atoms with van der Waals surface area (Å²) in [6.45, 7) is 8.99. The molecule has 0 aliphatic rings. The zero-order valence-electron chi connectivity index (χ0n) is 13.1. The second kappa shape index (κ2) is 9.54. The van der Waals surface area contributed by atoms with Gasteiger partial charge in [-0.05, 0) is 30.7 Å². The van der Waals surface area contributed by atoms with E-state index >= 15 is 0 Å². The van der Waals surface area contributed by atoms with Crippen LogP contribution in [0, 0.1) is 6.92 Å². The molecule has 114 valence electrons. The van der Waals surface area contributed by atoms with Crippen LogP contribution in [-0.4, -0.2) is 22.8 Å². The Kier molecular flexibility index (Phi) is 8.89. The van der Waals surface area contributed by atoms with Crippen molar-refractivity contribution >= 4 is 5.97 Å². The molecule has 0 aliphatic carbocycles. The van der Waals surface area contributed by atoms with E-state index in [1.165, 1.54) is 11.1 Å². The Bertz CT molecular complexity index is 374. The van der Waals surface area contributed by atoms with Gasteiger partial charge in [-0.25, -0.2) is 0 Å². The third kappa shape index (κ3) is 9.56. The molecule has 0 aliphatic heterocycles. The predicted molar refractivity (Wildman–Crippen MR) is 83.1 cm³/mol. The van der Waals surface area contributed by atoms with Crippen molar-refractivity contribution in [1.82, 2.24) is 0 Å². The SMILES string of the molecule is Cc1ccc(C(C)(C)C)cc1.O=C(O)CCCCCO. The van der Waals surface area contributed by atoms with Gasteiger partial charge in [0, 0.05) is 13.0 Å². The summed E-state index contributed by atoms with van der Waals surface area (Å²) in [6.07, 6.45) is 2.42. The Labute approximate surface area is 122 Å². The molecular formula is C17H28O3. The lowest BCUT2D eigenvalue weighted by Gasteiger charge is -2.18. The maximum Gasteiger partial charge on any atom is 0.303 e. The molecule has 3 nitrogen and oxygen atoms in total. The maximum absolute atomic E-state index is 9.90. The highest BCUT2D eigenvalue weighted by molar-refractivity contribution is 5.66. The van der Waals surface area contributed by atoms with Crippen LogP contribution in [0.5, 0.6) is 0 Å². The van der Waals surface area contributed by atoms with Crippen molar-refractivity contribution in [1.29, 1.82) is 0 Å². The highest BCUT2D eigenvalue weighted by Crippen LogP contribution is 2.21. The van der Waals surface area contributed by atoms with Crippen LogP contribution in [0.25, 0.3) is 0 Å². The number of carboxylic acid groups (broad SMARTS) is 1. The predicted octanol–water partition coefficient (Wildman–Crippen LogP) is 3.92. The van der Waals surface area contributed by atoms with Crippen molar-refractivity contribution in [2.45, 2.75) is 58.8 Å². The molecule has 1 aromatic carbocycles. The van der Waals surface area contributed by atoms with Crippen LogP contribution in [0.15, 0.2) is 24.3 Å². The Morgan fingerprint density at radius 2 is 1.60 bits per heavy atom. The molecule has 1 rings (SSSR count). The number of aliphatic hydroxyl groups excluding tert-OH is 1. The number of carboxylic acids is 1. The molecule has 0 saturated heterocycles. The first-order valence-electron chi connectivity index (χ1n) is 7.17. The van der Waals surface area contributed by atoms with Crippen molar-refractivity contribution < 1.29 is 15.0 Å². The van der Waals surface area contributed by atoms with E-state index in [1.807, 2.05) is 0 Å². The van der Waals surface area contributed by atoms with Crippen molar-refractivity contribution in [3.05, 3.63) is 35.4 Å². The zero-order valence-corrected chi connectivity index (χ0v) is 13.1. The van der Waals surface area contributed by atoms with E-state index in [4.69, 9.17) is 10.2 Å². The molecule has 0 amide bonds. The highest BCUT2D eigenvalue weighted by Gasteiger charge is 2.11. The summed E-state index contributed by atoms with van der Waals surface area (Å²) in [4.78, 5) is 9.90. The van der Waals surface area contributed by atoms with E-state index in [1.54, 1.807) is 0 Å². The average molecular weight is 280 g/mol. The van der Waals surface area contributed by atoms with Gasteiger partial charge in [-0.3, -0.25) is 4.79 Å². The molecule has 0 heterocycles. The molecule has 0 bridgehead atoms. The Morgan fingerprint density at radius 1 is 1.05 bits per heavy atom. The number of hydrogen-bond acceptors (Lipinski definition) is 2. The molecule has 2 N–H and O–H groups in total. The van der Waals surface area contributed by atoms with Gasteiger partial charge in [0.05, 0.1) is 0 Å². The van der Waals surface area contributed by atoms with Gasteiger partial charge in [0.15, 0.2) is 0 Å². The molecule has 0 radical (unpaired) electrons. The Morgan fingerprint density at radius 3 is 2.00 bits per heavy atom. The minimum absolute atomic E-state index is 0.166. The van der Waals surface area contributed by atoms with Crippen molar-refractivity contribution in [2.75, 3.05) is 6.61 Å². The van der Waals surface area contributed by atoms with Crippen LogP contribution in [0.1, 0.15) is 57.6 Å². The number of aryl methyl sites for hydroxylation is 1. The van der Waals surface area contributed by atoms with Crippen LogP contribution < -0.4 is 0 Å². The van der Waals surface area contributed by atoms with Crippen LogP contribution in [-0.2, 0) is 10.2 Å². The molecule has 0 atom stereocenters. The molecule has 3 heteroatoms. The van der Waals surface area contributed by atoms with E-state index in [9.17, 15) is 4.79 Å². The van der Waals surface area contributed by atoms with Gasteiger partial charge in [-0.2, -0.15) is 0 Å². The quantitative estimate of drug-likeness (QED) is 0.804. The number of benzene rings is 1. The first-order valence-corrected chi connectivity index (χ1v) is 7.17. The van der Waals surface area contributed by atoms with E-state index in [2.05, 4.69) is 52.0 Å². The smallest absolute Gasteiger partial charge is 0.303 e. The molecule has 0 fully saturated rings. The summed E-state index contributed by atoms with van der Waals surface area (Å²) < 4.78 is 0. The number of aliphatic hydroxyl groups is 1. The van der Waals surface area contributed by atoms with Crippen molar-refractivity contribution in [2.24, 2.45) is 0 Å². The lowest BCUT2D eigenvalue weighted by molar-refractivity contribution is -0.137. The summed E-state index contributed by atoms with van der Waals surface area (Å²) in [5.74, 6) is -0.757. The van der Waals surface area contributed by atoms with Gasteiger partial charge in [-0.1, -0.05) is 57.0 Å². The molecule has 0 aromatic heterocycles. The summed E-state index contributed by atoms with van der Waals surface area (Å²) in [6, 6.07) is 8.74. The highest BCUT2D eigenvalue weighted by atomic mass is 16.4. The van der Waals surface area contributed by atoms with Gasteiger partial charge in [0.25, 0.3) is 0 Å². The zero-order chi connectivity index (χ0) is 15.6. The van der Waals surface area contributed by atoms with E-state index < -0.39 is 5.97 Å². The summed E-state index contributed by atoms with van der Waals surface area (Å²) in [5, 5.41) is 16.4. The molecule has 0 unspecified atom stereocenters. The fourth-order valence-electron chi connectivity index (χ4n) is 1.62. The Balaban J connectivity index is 0.000000370. The molecule has 20 heavy (non-hydrogen) atoms. The number of aliphatic carboxylic acids is 1. The van der Waals surface area contributed by atoms with Gasteiger partial charge >= 0.3 is 5.97 Å². The second-order valence-electron chi connectivity index (χ2n) is 6.04. The second-order valence-corrected chi connectivity index (χ2v) is 6.04. The van der Waals surface area contributed by atoms with Crippen LogP contribution in [0.4, 0.5) is 0 Å². The number of carbonyl (C=O) groups is 1. The largest absolute Gasteiger partial charge is 0.481 e. The summed E-state index contributed by atoms with van der Waals surface area (Å²) >= 11 is 0. The van der Waals surface area contributed by atoms with Gasteiger partial charge in [0.1, 0.15) is 0 Å². The number of hydrogen-bond donors (Lipinski definition) is 2. The first-order chi connectivity index (χ1) is 9.27. The average Bonchev–Trinajstić information content (AvgIpc) is 2.35. The lowest BCUT2D eigenvalue weighted by atomic mass is 9.87. The van der Waals surface area contributed by atoms with Crippen LogP contribution >= 0.6 is 0 Å². The van der Waals surface area contributed by atoms with Crippen molar-refractivity contribution in [3.63, 3.8) is 0 Å². The number of rotatable bonds is 5. The number of unbranched alkanes of at least 4 members (excludes halogenated alkanes) is 2. The fourth-order valence-corrected chi connectivity index (χ4v) is 1.62. The van der Waals surface area contributed by atoms with E-state index in [0.29, 0.717) is 12.8 Å². The van der Waals surface area contributed by atoms with Gasteiger partial charge in [0.2, 0.25) is 0 Å². The Hall–Kier alpha value is -1.35. The standard InChI is InChI=1S/C11H16.C6H12O3/c1-9-5-7-10(8-6-9)11(2,3)4;7-5-3-1-2-4-6(8)9/h5-8H,1-4H3;7H,1-5H2,(H,8,9). The maximum atomic E-state index is 9.90. The van der Waals surface area contributed by atoms with Gasteiger partial charge in [-0.15, -0.1) is 0 Å². The van der Waals surface area contributed by atoms with E-state index in [0.717, 1.165) is 6.42 Å². The first kappa shape index (κ1) is 18.7. The summed E-state index contributed by atoms with van der Waals surface area (Å²) in [5.41, 5.74) is 3.02. The lowest BCUT2D eigenvalue weighted by Crippen LogP contribution is -2.10. The molecular weight excluding hydrogens is 252 g/mol. The molecule has 0 saturated carbocycles. The monoisotopic (exact) mass is 280 g/mol. The van der Waals surface area contributed by atoms with Crippen LogP contribution in [0.3, 0.4) is 0 Å².